The van der Waals surface area contributed by atoms with E-state index >= 15 is 0 Å². The maximum Gasteiger partial charge on any atom is 0.264 e. The lowest BCUT2D eigenvalue weighted by atomic mass is 10.1. The smallest absolute Gasteiger partial charge is 0.264 e. The maximum atomic E-state index is 14.1. The molecule has 0 heterocycles. The highest BCUT2D eigenvalue weighted by Gasteiger charge is 2.34. The van der Waals surface area contributed by atoms with Gasteiger partial charge in [-0.3, -0.25) is 13.9 Å². The molecule has 3 aromatic rings. The first-order valence-corrected chi connectivity index (χ1v) is 15.3. The number of hydrogen-bond donors (Lipinski definition) is 1. The summed E-state index contributed by atoms with van der Waals surface area (Å²) in [5, 5.41) is 3.47. The standard InChI is InChI=1S/C30H35Cl2N3O4S/c1-6-27(30(37)33-7-2)34(18-23-12-15-25(31)26(32)17-23)29(36)19-35(28-16-21(4)8-11-22(28)5)40(38,39)24-13-9-20(3)10-14-24/h8-17,27H,6-7,18-19H2,1-5H3,(H,33,37)/t27-/m1/s1. The average molecular weight is 605 g/mol. The lowest BCUT2D eigenvalue weighted by molar-refractivity contribution is -0.140. The molecular formula is C30H35Cl2N3O4S. The van der Waals surface area contributed by atoms with E-state index in [-0.39, 0.29) is 17.3 Å². The van der Waals surface area contributed by atoms with E-state index in [0.717, 1.165) is 15.4 Å². The second-order valence-corrected chi connectivity index (χ2v) is 12.4. The Morgan fingerprint density at radius 3 is 2.12 bits per heavy atom. The summed E-state index contributed by atoms with van der Waals surface area (Å²) in [6.45, 7) is 9.06. The molecule has 2 amide bonds. The van der Waals surface area contributed by atoms with Crippen LogP contribution in [0.5, 0.6) is 0 Å². The molecule has 0 bridgehead atoms. The third kappa shape index (κ3) is 7.36. The van der Waals surface area contributed by atoms with Crippen molar-refractivity contribution in [2.45, 2.75) is 58.5 Å². The monoisotopic (exact) mass is 603 g/mol. The van der Waals surface area contributed by atoms with Gasteiger partial charge in [0.05, 0.1) is 20.6 Å². The van der Waals surface area contributed by atoms with Crippen LogP contribution in [-0.4, -0.2) is 44.3 Å². The summed E-state index contributed by atoms with van der Waals surface area (Å²) in [5.41, 5.74) is 3.51. The number of nitrogens with one attached hydrogen (secondary N) is 1. The van der Waals surface area contributed by atoms with E-state index in [1.165, 1.54) is 17.0 Å². The van der Waals surface area contributed by atoms with Crippen LogP contribution in [0.2, 0.25) is 10.0 Å². The van der Waals surface area contributed by atoms with Gasteiger partial charge in [-0.1, -0.05) is 66.0 Å². The fourth-order valence-corrected chi connectivity index (χ4v) is 6.18. The van der Waals surface area contributed by atoms with Gasteiger partial charge >= 0.3 is 0 Å². The Morgan fingerprint density at radius 1 is 0.875 bits per heavy atom. The zero-order chi connectivity index (χ0) is 29.6. The normalized spacial score (nSPS) is 12.1. The number of rotatable bonds is 11. The van der Waals surface area contributed by atoms with Gasteiger partial charge in [0, 0.05) is 13.1 Å². The molecule has 0 aliphatic rings. The minimum Gasteiger partial charge on any atom is -0.355 e. The minimum atomic E-state index is -4.14. The number of benzene rings is 3. The summed E-state index contributed by atoms with van der Waals surface area (Å²) in [4.78, 5) is 28.6. The van der Waals surface area contributed by atoms with Crippen LogP contribution in [0.1, 0.15) is 42.5 Å². The number of aryl methyl sites for hydroxylation is 3. The first kappa shape index (κ1) is 31.5. The van der Waals surface area contributed by atoms with Gasteiger partial charge in [-0.25, -0.2) is 8.42 Å². The van der Waals surface area contributed by atoms with E-state index in [1.54, 1.807) is 57.2 Å². The number of likely N-dealkylation sites (N-methyl/N-ethyl adjacent to an activating group) is 1. The van der Waals surface area contributed by atoms with Gasteiger partial charge in [-0.2, -0.15) is 0 Å². The van der Waals surface area contributed by atoms with Gasteiger partial charge < -0.3 is 10.2 Å². The molecule has 0 aliphatic carbocycles. The Labute approximate surface area is 247 Å². The molecular weight excluding hydrogens is 569 g/mol. The highest BCUT2D eigenvalue weighted by atomic mass is 35.5. The number of carbonyl (C=O) groups is 2. The molecule has 3 rings (SSSR count). The maximum absolute atomic E-state index is 14.1. The van der Waals surface area contributed by atoms with E-state index in [4.69, 9.17) is 23.2 Å². The topological polar surface area (TPSA) is 86.8 Å². The molecule has 0 fully saturated rings. The predicted octanol–water partition coefficient (Wildman–Crippen LogP) is 6.06. The number of amides is 2. The van der Waals surface area contributed by atoms with Gasteiger partial charge in [-0.05, 0) is 81.1 Å². The van der Waals surface area contributed by atoms with E-state index in [2.05, 4.69) is 5.32 Å². The molecule has 0 spiro atoms. The molecule has 214 valence electrons. The van der Waals surface area contributed by atoms with Crippen LogP contribution in [0.15, 0.2) is 65.6 Å². The molecule has 0 aromatic heterocycles. The summed E-state index contributed by atoms with van der Waals surface area (Å²) in [6.07, 6.45) is 0.326. The van der Waals surface area contributed by atoms with Gasteiger partial charge in [-0.15, -0.1) is 0 Å². The molecule has 10 heteroatoms. The fraction of sp³-hybridized carbons (Fsp3) is 0.333. The van der Waals surface area contributed by atoms with Crippen molar-refractivity contribution >= 4 is 50.7 Å². The van der Waals surface area contributed by atoms with E-state index in [9.17, 15) is 18.0 Å². The van der Waals surface area contributed by atoms with Gasteiger partial charge in [0.2, 0.25) is 11.8 Å². The quantitative estimate of drug-likeness (QED) is 0.289. The number of nitrogens with zero attached hydrogens (tertiary/aromatic N) is 2. The number of carbonyl (C=O) groups excluding carboxylic acids is 2. The number of halogens is 2. The number of anilines is 1. The molecule has 40 heavy (non-hydrogen) atoms. The first-order valence-electron chi connectivity index (χ1n) is 13.1. The molecule has 0 unspecified atom stereocenters. The third-order valence-corrected chi connectivity index (χ3v) is 9.11. The second-order valence-electron chi connectivity index (χ2n) is 9.70. The summed E-state index contributed by atoms with van der Waals surface area (Å²) in [5.74, 6) is -0.848. The fourth-order valence-electron chi connectivity index (χ4n) is 4.39. The lowest BCUT2D eigenvalue weighted by Crippen LogP contribution is -2.52. The summed E-state index contributed by atoms with van der Waals surface area (Å²) in [7, 11) is -4.14. The Bertz CT molecular complexity index is 1480. The van der Waals surface area contributed by atoms with Crippen molar-refractivity contribution in [3.05, 3.63) is 93.0 Å². The summed E-state index contributed by atoms with van der Waals surface area (Å²) >= 11 is 12.3. The second kappa shape index (κ2) is 13.5. The largest absolute Gasteiger partial charge is 0.355 e. The Morgan fingerprint density at radius 2 is 1.52 bits per heavy atom. The van der Waals surface area contributed by atoms with Gasteiger partial charge in [0.15, 0.2) is 0 Å². The molecule has 3 aromatic carbocycles. The molecule has 7 nitrogen and oxygen atoms in total. The van der Waals surface area contributed by atoms with Crippen LogP contribution in [-0.2, 0) is 26.2 Å². The molecule has 1 atom stereocenters. The van der Waals surface area contributed by atoms with Crippen molar-refractivity contribution in [1.29, 1.82) is 0 Å². The van der Waals surface area contributed by atoms with Crippen molar-refractivity contribution < 1.29 is 18.0 Å². The van der Waals surface area contributed by atoms with E-state index < -0.39 is 28.5 Å². The van der Waals surface area contributed by atoms with Crippen molar-refractivity contribution in [1.82, 2.24) is 10.2 Å². The molecule has 0 saturated carbocycles. The van der Waals surface area contributed by atoms with Crippen molar-refractivity contribution in [2.75, 3.05) is 17.4 Å². The average Bonchev–Trinajstić information content (AvgIpc) is 2.91. The predicted molar refractivity (Wildman–Crippen MR) is 161 cm³/mol. The van der Waals surface area contributed by atoms with Gasteiger partial charge in [0.1, 0.15) is 12.6 Å². The SMILES string of the molecule is CCNC(=O)[C@@H](CC)N(Cc1ccc(Cl)c(Cl)c1)C(=O)CN(c1cc(C)ccc1C)S(=O)(=O)c1ccc(C)cc1. The lowest BCUT2D eigenvalue weighted by Gasteiger charge is -2.33. The Kier molecular flexibility index (Phi) is 10.6. The Hall–Kier alpha value is -3.07. The number of hydrogen-bond acceptors (Lipinski definition) is 4. The highest BCUT2D eigenvalue weighted by Crippen LogP contribution is 2.29. The zero-order valence-electron chi connectivity index (χ0n) is 23.4. The number of sulfonamides is 1. The molecule has 0 radical (unpaired) electrons. The van der Waals surface area contributed by atoms with E-state index in [0.29, 0.717) is 39.8 Å². The van der Waals surface area contributed by atoms with Crippen LogP contribution >= 0.6 is 23.2 Å². The van der Waals surface area contributed by atoms with Crippen LogP contribution in [0.25, 0.3) is 0 Å². The van der Waals surface area contributed by atoms with Crippen LogP contribution < -0.4 is 9.62 Å². The molecule has 1 N–H and O–H groups in total. The van der Waals surface area contributed by atoms with Crippen LogP contribution in [0.4, 0.5) is 5.69 Å². The Balaban J connectivity index is 2.11. The van der Waals surface area contributed by atoms with Gasteiger partial charge in [0.25, 0.3) is 10.0 Å². The minimum absolute atomic E-state index is 0.0383. The molecule has 0 aliphatic heterocycles. The van der Waals surface area contributed by atoms with Crippen molar-refractivity contribution in [2.24, 2.45) is 0 Å². The summed E-state index contributed by atoms with van der Waals surface area (Å²) < 4.78 is 29.2. The van der Waals surface area contributed by atoms with Crippen molar-refractivity contribution in [3.63, 3.8) is 0 Å². The van der Waals surface area contributed by atoms with Crippen molar-refractivity contribution in [3.8, 4) is 0 Å². The summed E-state index contributed by atoms with van der Waals surface area (Å²) in [6, 6.07) is 16.1. The first-order chi connectivity index (χ1) is 18.9. The van der Waals surface area contributed by atoms with Crippen LogP contribution in [0.3, 0.4) is 0 Å². The zero-order valence-corrected chi connectivity index (χ0v) is 25.7. The third-order valence-electron chi connectivity index (χ3n) is 6.60. The van der Waals surface area contributed by atoms with Crippen LogP contribution in [0, 0.1) is 20.8 Å². The van der Waals surface area contributed by atoms with E-state index in [1.807, 2.05) is 26.0 Å². The molecule has 0 saturated heterocycles. The highest BCUT2D eigenvalue weighted by molar-refractivity contribution is 7.92.